The van der Waals surface area contributed by atoms with Crippen LogP contribution in [0.4, 0.5) is 0 Å². The molecule has 0 aromatic heterocycles. The molecule has 0 aromatic rings. The molecule has 8 nitrogen and oxygen atoms in total. The van der Waals surface area contributed by atoms with Gasteiger partial charge in [0.05, 0.1) is 37.1 Å². The number of nitrogens with zero attached hydrogens (tertiary/aromatic N) is 1. The molecular weight excluding hydrogens is 426 g/mol. The van der Waals surface area contributed by atoms with Crippen LogP contribution < -0.4 is 0 Å². The van der Waals surface area contributed by atoms with Crippen LogP contribution in [0.3, 0.4) is 0 Å². The van der Waals surface area contributed by atoms with E-state index >= 15 is 0 Å². The van der Waals surface area contributed by atoms with E-state index in [0.717, 1.165) is 25.9 Å². The van der Waals surface area contributed by atoms with Crippen LogP contribution >= 0.6 is 0 Å². The van der Waals surface area contributed by atoms with Gasteiger partial charge in [-0.25, -0.2) is 0 Å². The van der Waals surface area contributed by atoms with Crippen molar-refractivity contribution >= 4 is 0 Å². The van der Waals surface area contributed by atoms with E-state index in [1.165, 1.54) is 0 Å². The molecule has 8 heteroatoms. The number of likely N-dealkylation sites (N-methyl/N-ethyl adjacent to an activating group) is 1. The van der Waals surface area contributed by atoms with Crippen molar-refractivity contribution in [3.05, 3.63) is 0 Å². The van der Waals surface area contributed by atoms with Crippen molar-refractivity contribution in [2.24, 2.45) is 34.5 Å². The minimum atomic E-state index is -1.55. The van der Waals surface area contributed by atoms with Crippen molar-refractivity contribution in [1.82, 2.24) is 4.90 Å². The van der Waals surface area contributed by atoms with Crippen LogP contribution in [0, 0.1) is 34.5 Å². The van der Waals surface area contributed by atoms with Gasteiger partial charge in [0.25, 0.3) is 0 Å². The average molecular weight is 468 g/mol. The van der Waals surface area contributed by atoms with Crippen molar-refractivity contribution in [2.75, 3.05) is 48.1 Å². The van der Waals surface area contributed by atoms with Crippen molar-refractivity contribution in [3.63, 3.8) is 0 Å². The topological polar surface area (TPSA) is 101 Å². The van der Waals surface area contributed by atoms with Crippen molar-refractivity contribution in [3.8, 4) is 0 Å². The Morgan fingerprint density at radius 2 is 1.82 bits per heavy atom. The molecule has 3 N–H and O–H groups in total. The van der Waals surface area contributed by atoms with Crippen LogP contribution in [0.1, 0.15) is 32.6 Å². The fraction of sp³-hybridized carbons (Fsp3) is 1.00. The molecule has 6 fully saturated rings. The van der Waals surface area contributed by atoms with Crippen LogP contribution in [-0.2, 0) is 18.9 Å². The Bertz CT molecular complexity index is 814. The summed E-state index contributed by atoms with van der Waals surface area (Å²) in [6.07, 6.45) is 1.06. The Hall–Kier alpha value is -0.320. The van der Waals surface area contributed by atoms with Gasteiger partial charge >= 0.3 is 0 Å². The molecule has 0 radical (unpaired) electrons. The number of ether oxygens (including phenoxy) is 4. The monoisotopic (exact) mass is 467 g/mol. The Balaban J connectivity index is 1.67. The third-order valence-corrected chi connectivity index (χ3v) is 11.5. The van der Waals surface area contributed by atoms with Crippen molar-refractivity contribution in [2.45, 2.75) is 74.3 Å². The zero-order valence-corrected chi connectivity index (χ0v) is 20.6. The molecule has 5 saturated carbocycles. The highest BCUT2D eigenvalue weighted by Gasteiger charge is 2.91. The third-order valence-electron chi connectivity index (χ3n) is 11.5. The van der Waals surface area contributed by atoms with Gasteiger partial charge in [-0.1, -0.05) is 6.92 Å². The summed E-state index contributed by atoms with van der Waals surface area (Å²) >= 11 is 0. The molecule has 3 unspecified atom stereocenters. The lowest BCUT2D eigenvalue weighted by Gasteiger charge is -2.69. The second kappa shape index (κ2) is 7.13. The average Bonchev–Trinajstić information content (AvgIpc) is 3.22. The maximum Gasteiger partial charge on any atom is 0.136 e. The summed E-state index contributed by atoms with van der Waals surface area (Å²) in [7, 11) is 6.79. The molecule has 188 valence electrons. The molecule has 1 heterocycles. The highest BCUT2D eigenvalue weighted by molar-refractivity contribution is 5.41. The second-order valence-electron chi connectivity index (χ2n) is 11.9. The quantitative estimate of drug-likeness (QED) is 0.512. The molecule has 6 aliphatic rings. The van der Waals surface area contributed by atoms with E-state index < -0.39 is 28.8 Å². The molecule has 5 aliphatic carbocycles. The zero-order valence-electron chi connectivity index (χ0n) is 20.6. The van der Waals surface area contributed by atoms with Crippen molar-refractivity contribution < 1.29 is 34.3 Å². The van der Waals surface area contributed by atoms with E-state index in [9.17, 15) is 15.3 Å². The number of piperidine rings is 1. The van der Waals surface area contributed by atoms with Gasteiger partial charge in [-0.2, -0.15) is 0 Å². The highest BCUT2D eigenvalue weighted by Crippen LogP contribution is 2.80. The van der Waals surface area contributed by atoms with Gasteiger partial charge in [-0.3, -0.25) is 4.90 Å². The lowest BCUT2D eigenvalue weighted by molar-refractivity contribution is -0.318. The summed E-state index contributed by atoms with van der Waals surface area (Å²) in [4.78, 5) is 2.33. The van der Waals surface area contributed by atoms with Gasteiger partial charge in [0.2, 0.25) is 0 Å². The summed E-state index contributed by atoms with van der Waals surface area (Å²) < 4.78 is 24.0. The molecule has 0 amide bonds. The standard InChI is InChI=1S/C25H41NO7/c1-6-26-11-22(12-30-2)8-7-16(27)24-14-9-13-15(31-3)10-23(28,17(14)18(13)32-4)25(29,21(24)26)20(33-5)19(22)24/h13-21,27-29H,6-12H2,1-5H3/t13-,14?,15+,16+,17?,18+,19?,20+,21+,22+,23-,24+,25+/m1/s1. The zero-order chi connectivity index (χ0) is 23.6. The normalized spacial score (nSPS) is 60.9. The van der Waals surface area contributed by atoms with Crippen LogP contribution in [-0.4, -0.2) is 110 Å². The first-order valence-electron chi connectivity index (χ1n) is 12.7. The van der Waals surface area contributed by atoms with Crippen LogP contribution in [0.15, 0.2) is 0 Å². The second-order valence-corrected chi connectivity index (χ2v) is 11.9. The van der Waals surface area contributed by atoms with Gasteiger partial charge < -0.3 is 34.3 Å². The smallest absolute Gasteiger partial charge is 0.136 e. The molecule has 13 atom stereocenters. The van der Waals surface area contributed by atoms with Crippen molar-refractivity contribution in [1.29, 1.82) is 0 Å². The summed E-state index contributed by atoms with van der Waals surface area (Å²) in [5, 5.41) is 37.6. The number of likely N-dealkylation sites (tertiary alicyclic amines) is 1. The number of aliphatic hydroxyl groups excluding tert-OH is 1. The third kappa shape index (κ3) is 2.20. The predicted octanol–water partition coefficient (Wildman–Crippen LogP) is 0.271. The first kappa shape index (κ1) is 23.1. The maximum atomic E-state index is 12.9. The minimum absolute atomic E-state index is 0.00825. The Kier molecular flexibility index (Phi) is 4.99. The molecule has 0 aromatic carbocycles. The highest BCUT2D eigenvalue weighted by atomic mass is 16.5. The fourth-order valence-corrected chi connectivity index (χ4v) is 11.0. The molecule has 7 bridgehead atoms. The summed E-state index contributed by atoms with van der Waals surface area (Å²) in [5.74, 6) is -0.231. The van der Waals surface area contributed by atoms with Gasteiger partial charge in [-0.05, 0) is 31.7 Å². The van der Waals surface area contributed by atoms with Crippen LogP contribution in [0.25, 0.3) is 0 Å². The largest absolute Gasteiger partial charge is 0.392 e. The predicted molar refractivity (Wildman–Crippen MR) is 119 cm³/mol. The van der Waals surface area contributed by atoms with Crippen LogP contribution in [0.5, 0.6) is 0 Å². The van der Waals surface area contributed by atoms with E-state index in [1.54, 1.807) is 28.4 Å². The van der Waals surface area contributed by atoms with E-state index in [2.05, 4.69) is 11.8 Å². The summed E-state index contributed by atoms with van der Waals surface area (Å²) in [6.45, 7) is 4.18. The molecule has 1 spiro atoms. The number of hydrogen-bond donors (Lipinski definition) is 3. The molecule has 33 heavy (non-hydrogen) atoms. The van der Waals surface area contributed by atoms with Gasteiger partial charge in [0, 0.05) is 70.0 Å². The summed E-state index contributed by atoms with van der Waals surface area (Å²) in [5.41, 5.74) is -3.82. The van der Waals surface area contributed by atoms with E-state index in [4.69, 9.17) is 18.9 Å². The first-order valence-corrected chi connectivity index (χ1v) is 12.7. The Morgan fingerprint density at radius 1 is 1.06 bits per heavy atom. The molecule has 6 rings (SSSR count). The molecule has 1 saturated heterocycles. The van der Waals surface area contributed by atoms with Gasteiger partial charge in [0.15, 0.2) is 0 Å². The maximum absolute atomic E-state index is 12.9. The van der Waals surface area contributed by atoms with E-state index in [-0.39, 0.29) is 47.3 Å². The van der Waals surface area contributed by atoms with E-state index in [0.29, 0.717) is 19.4 Å². The van der Waals surface area contributed by atoms with Crippen LogP contribution in [0.2, 0.25) is 0 Å². The lowest BCUT2D eigenvalue weighted by Crippen LogP contribution is -2.82. The fourth-order valence-electron chi connectivity index (χ4n) is 11.0. The number of rotatable bonds is 6. The SMILES string of the molecule is CCN1C[C@]2(COC)CC[C@H](O)[C@@]34C5C[C@@H]6[C@@H](OC)C[C@@](O)(C5[C@H]6OC)[C@](O)([C@@H](OC)C23)[C@@H]14. The lowest BCUT2D eigenvalue weighted by atomic mass is 9.42. The number of aliphatic hydroxyl groups is 3. The molecular formula is C25H41NO7. The number of fused-ring (bicyclic) bond motifs is 2. The Morgan fingerprint density at radius 3 is 2.42 bits per heavy atom. The molecule has 1 aliphatic heterocycles. The van der Waals surface area contributed by atoms with Gasteiger partial charge in [0.1, 0.15) is 11.2 Å². The van der Waals surface area contributed by atoms with E-state index in [1.807, 2.05) is 0 Å². The number of hydrogen-bond acceptors (Lipinski definition) is 8. The minimum Gasteiger partial charge on any atom is -0.392 e. The van der Waals surface area contributed by atoms with Gasteiger partial charge in [-0.15, -0.1) is 0 Å². The summed E-state index contributed by atoms with van der Waals surface area (Å²) in [6, 6.07) is -0.386. The first-order chi connectivity index (χ1) is 15.8. The number of methoxy groups -OCH3 is 4. The Labute approximate surface area is 196 Å².